The van der Waals surface area contributed by atoms with Crippen LogP contribution in [-0.4, -0.2) is 5.11 Å². The van der Waals surface area contributed by atoms with Gasteiger partial charge in [0.2, 0.25) is 0 Å². The molecule has 1 unspecified atom stereocenters. The van der Waals surface area contributed by atoms with Gasteiger partial charge >= 0.3 is 0 Å². The Morgan fingerprint density at radius 3 is 2.28 bits per heavy atom. The lowest BCUT2D eigenvalue weighted by Crippen LogP contribution is -2.33. The van der Waals surface area contributed by atoms with Gasteiger partial charge in [-0.15, -0.1) is 0 Å². The van der Waals surface area contributed by atoms with Crippen molar-refractivity contribution in [2.24, 2.45) is 0 Å². The minimum Gasteiger partial charge on any atom is -0.376 e. The summed E-state index contributed by atoms with van der Waals surface area (Å²) in [4.78, 5) is 2.05. The van der Waals surface area contributed by atoms with E-state index in [4.69, 9.17) is 11.6 Å². The zero-order valence-corrected chi connectivity index (χ0v) is 18.4. The average molecular weight is 480 g/mol. The number of fused-ring (bicyclic) bond motifs is 2. The molecule has 0 saturated carbocycles. The molecule has 29 heavy (non-hydrogen) atoms. The number of hydrogen-bond donors (Lipinski definition) is 1. The normalized spacial score (nSPS) is 17.5. The molecular formula is C25H16BrClOS. The van der Waals surface area contributed by atoms with E-state index in [1.54, 1.807) is 11.8 Å². The maximum absolute atomic E-state index is 12.4. The Bertz CT molecular complexity index is 1220. The van der Waals surface area contributed by atoms with Crippen LogP contribution in [0.1, 0.15) is 16.7 Å². The summed E-state index contributed by atoms with van der Waals surface area (Å²) in [6.07, 6.45) is 0. The molecule has 5 rings (SSSR count). The third-order valence-electron chi connectivity index (χ3n) is 5.28. The van der Waals surface area contributed by atoms with Gasteiger partial charge in [-0.1, -0.05) is 93.9 Å². The van der Waals surface area contributed by atoms with E-state index in [2.05, 4.69) is 40.2 Å². The Morgan fingerprint density at radius 1 is 0.724 bits per heavy atom. The lowest BCUT2D eigenvalue weighted by atomic mass is 9.77. The highest BCUT2D eigenvalue weighted by molar-refractivity contribution is 9.10. The van der Waals surface area contributed by atoms with Crippen LogP contribution in [0.25, 0.3) is 11.1 Å². The third-order valence-corrected chi connectivity index (χ3v) is 7.16. The first-order valence-electron chi connectivity index (χ1n) is 9.22. The molecule has 0 amide bonds. The molecule has 1 aliphatic heterocycles. The van der Waals surface area contributed by atoms with E-state index in [0.29, 0.717) is 5.02 Å². The smallest absolute Gasteiger partial charge is 0.143 e. The van der Waals surface area contributed by atoms with Crippen molar-refractivity contribution < 1.29 is 5.11 Å². The zero-order valence-electron chi connectivity index (χ0n) is 15.3. The van der Waals surface area contributed by atoms with Crippen molar-refractivity contribution in [3.8, 4) is 11.1 Å². The van der Waals surface area contributed by atoms with Crippen molar-refractivity contribution in [2.45, 2.75) is 15.4 Å². The monoisotopic (exact) mass is 478 g/mol. The van der Waals surface area contributed by atoms with Gasteiger partial charge in [0, 0.05) is 36.0 Å². The van der Waals surface area contributed by atoms with Gasteiger partial charge in [0.05, 0.1) is 0 Å². The van der Waals surface area contributed by atoms with Crippen LogP contribution in [0.4, 0.5) is 0 Å². The highest BCUT2D eigenvalue weighted by Gasteiger charge is 2.42. The minimum atomic E-state index is -1.32. The summed E-state index contributed by atoms with van der Waals surface area (Å²) in [5.74, 6) is 0. The molecule has 0 aromatic heterocycles. The van der Waals surface area contributed by atoms with Crippen LogP contribution in [0.2, 0.25) is 5.02 Å². The molecule has 4 heteroatoms. The first-order valence-corrected chi connectivity index (χ1v) is 11.2. The van der Waals surface area contributed by atoms with Crippen molar-refractivity contribution in [3.05, 3.63) is 117 Å². The summed E-state index contributed by atoms with van der Waals surface area (Å²) in [6.45, 7) is 0. The molecule has 0 radical (unpaired) electrons. The van der Waals surface area contributed by atoms with Crippen molar-refractivity contribution in [1.29, 1.82) is 0 Å². The van der Waals surface area contributed by atoms with E-state index in [9.17, 15) is 5.11 Å². The van der Waals surface area contributed by atoms with Crippen molar-refractivity contribution in [3.63, 3.8) is 0 Å². The maximum atomic E-state index is 12.4. The van der Waals surface area contributed by atoms with Crippen molar-refractivity contribution in [1.82, 2.24) is 0 Å². The molecule has 0 fully saturated rings. The number of halogens is 2. The molecule has 0 saturated heterocycles. The highest BCUT2D eigenvalue weighted by atomic mass is 79.9. The van der Waals surface area contributed by atoms with Crippen LogP contribution in [-0.2, 0) is 5.60 Å². The summed E-state index contributed by atoms with van der Waals surface area (Å²) in [5.41, 5.74) is 3.23. The second-order valence-corrected chi connectivity index (χ2v) is 9.44. The standard InChI is InChI=1S/C25H16BrClOS/c26-17-10-12-19(16-6-2-1-3-7-16)21(14-17)25(28)20-8-4-5-9-23(20)29-24-13-11-18(27)15-22(24)25/h1-15,28H. The van der Waals surface area contributed by atoms with E-state index in [0.717, 1.165) is 42.1 Å². The fourth-order valence-corrected chi connectivity index (χ4v) is 5.66. The average Bonchev–Trinajstić information content (AvgIpc) is 2.75. The van der Waals surface area contributed by atoms with Crippen LogP contribution in [0.5, 0.6) is 0 Å². The molecule has 1 aliphatic rings. The predicted octanol–water partition coefficient (Wildman–Crippen LogP) is 7.52. The summed E-state index contributed by atoms with van der Waals surface area (Å²) < 4.78 is 0.917. The van der Waals surface area contributed by atoms with Gasteiger partial charge in [-0.3, -0.25) is 0 Å². The molecule has 1 atom stereocenters. The topological polar surface area (TPSA) is 20.2 Å². The summed E-state index contributed by atoms with van der Waals surface area (Å²) in [7, 11) is 0. The van der Waals surface area contributed by atoms with Gasteiger partial charge in [-0.2, -0.15) is 0 Å². The molecule has 0 spiro atoms. The minimum absolute atomic E-state index is 0.610. The van der Waals surface area contributed by atoms with Gasteiger partial charge in [0.25, 0.3) is 0 Å². The predicted molar refractivity (Wildman–Crippen MR) is 124 cm³/mol. The van der Waals surface area contributed by atoms with Gasteiger partial charge in [0.15, 0.2) is 0 Å². The fraction of sp³-hybridized carbons (Fsp3) is 0.0400. The van der Waals surface area contributed by atoms with Crippen molar-refractivity contribution in [2.75, 3.05) is 0 Å². The summed E-state index contributed by atoms with van der Waals surface area (Å²) in [5, 5.41) is 13.1. The number of benzene rings is 4. The van der Waals surface area contributed by atoms with E-state index < -0.39 is 5.60 Å². The van der Waals surface area contributed by atoms with E-state index in [1.807, 2.05) is 66.7 Å². The molecule has 4 aromatic carbocycles. The third kappa shape index (κ3) is 3.13. The van der Waals surface area contributed by atoms with Gasteiger partial charge in [0.1, 0.15) is 5.60 Å². The fourth-order valence-electron chi connectivity index (χ4n) is 3.97. The van der Waals surface area contributed by atoms with Gasteiger partial charge in [-0.25, -0.2) is 0 Å². The Morgan fingerprint density at radius 2 is 1.45 bits per heavy atom. The maximum Gasteiger partial charge on any atom is 0.143 e. The first-order chi connectivity index (χ1) is 14.1. The number of rotatable bonds is 2. The number of aliphatic hydroxyl groups is 1. The lowest BCUT2D eigenvalue weighted by Gasteiger charge is -2.38. The van der Waals surface area contributed by atoms with E-state index in [-0.39, 0.29) is 0 Å². The Hall–Kier alpha value is -2.04. The Kier molecular flexibility index (Phi) is 4.79. The molecule has 1 heterocycles. The summed E-state index contributed by atoms with van der Waals surface area (Å²) >= 11 is 11.7. The Labute approximate surface area is 187 Å². The molecule has 1 N–H and O–H groups in total. The largest absolute Gasteiger partial charge is 0.376 e. The molecule has 4 aromatic rings. The van der Waals surface area contributed by atoms with Crippen LogP contribution in [0.15, 0.2) is 105 Å². The first kappa shape index (κ1) is 19.0. The van der Waals surface area contributed by atoms with Crippen LogP contribution < -0.4 is 0 Å². The van der Waals surface area contributed by atoms with E-state index >= 15 is 0 Å². The van der Waals surface area contributed by atoms with Gasteiger partial charge < -0.3 is 5.11 Å². The molecule has 0 aliphatic carbocycles. The van der Waals surface area contributed by atoms with Crippen molar-refractivity contribution >= 4 is 39.3 Å². The molecule has 0 bridgehead atoms. The SMILES string of the molecule is OC1(c2cc(Br)ccc2-c2ccccc2)c2ccccc2Sc2ccc(Cl)cc21. The second kappa shape index (κ2) is 7.33. The number of hydrogen-bond acceptors (Lipinski definition) is 2. The molecule has 1 nitrogen and oxygen atoms in total. The van der Waals surface area contributed by atoms with Crippen LogP contribution in [0, 0.1) is 0 Å². The lowest BCUT2D eigenvalue weighted by molar-refractivity contribution is 0.119. The van der Waals surface area contributed by atoms with Crippen LogP contribution in [0.3, 0.4) is 0 Å². The summed E-state index contributed by atoms with van der Waals surface area (Å²) in [6, 6.07) is 30.0. The zero-order chi connectivity index (χ0) is 20.0. The quantitative estimate of drug-likeness (QED) is 0.321. The van der Waals surface area contributed by atoms with E-state index in [1.165, 1.54) is 0 Å². The molecular weight excluding hydrogens is 464 g/mol. The molecule has 142 valence electrons. The van der Waals surface area contributed by atoms with Crippen LogP contribution >= 0.6 is 39.3 Å². The van der Waals surface area contributed by atoms with Gasteiger partial charge in [-0.05, 0) is 47.5 Å². The Balaban J connectivity index is 1.88. The second-order valence-electron chi connectivity index (χ2n) is 7.01. The highest BCUT2D eigenvalue weighted by Crippen LogP contribution is 2.53.